The van der Waals surface area contributed by atoms with Crippen molar-refractivity contribution in [3.05, 3.63) is 0 Å². The van der Waals surface area contributed by atoms with Crippen LogP contribution < -0.4 is 0 Å². The quantitative estimate of drug-likeness (QED) is 0.656. The SMILES string of the molecule is SC1CSCCSC1.SC1CSCSC1. The Morgan fingerprint density at radius 3 is 1.40 bits per heavy atom. The summed E-state index contributed by atoms with van der Waals surface area (Å²) < 4.78 is 0. The van der Waals surface area contributed by atoms with E-state index in [9.17, 15) is 0 Å². The van der Waals surface area contributed by atoms with Crippen LogP contribution in [0.2, 0.25) is 0 Å². The molecule has 0 spiro atoms. The average molecular weight is 319 g/mol. The summed E-state index contributed by atoms with van der Waals surface area (Å²) in [7, 11) is 0. The molecule has 0 aromatic rings. The molecule has 2 rings (SSSR count). The van der Waals surface area contributed by atoms with E-state index < -0.39 is 0 Å². The molecule has 0 bridgehead atoms. The Labute approximate surface area is 121 Å². The standard InChI is InChI=1S/C5H10S3.C4H8S3/c6-5-3-7-1-2-8-4-5;5-4-1-6-3-7-2-4/h5-6H,1-4H2;4-5H,1-3H2. The summed E-state index contributed by atoms with van der Waals surface area (Å²) in [6, 6.07) is 0. The monoisotopic (exact) mass is 318 g/mol. The molecule has 0 aromatic heterocycles. The molecule has 2 heterocycles. The number of rotatable bonds is 0. The van der Waals surface area contributed by atoms with E-state index in [1.807, 2.05) is 47.0 Å². The first-order valence-electron chi connectivity index (χ1n) is 4.96. The van der Waals surface area contributed by atoms with Gasteiger partial charge in [0.25, 0.3) is 0 Å². The van der Waals surface area contributed by atoms with Crippen LogP contribution in [0.15, 0.2) is 0 Å². The Balaban J connectivity index is 0.000000151. The van der Waals surface area contributed by atoms with Crippen molar-refractivity contribution in [3.8, 4) is 0 Å². The van der Waals surface area contributed by atoms with Gasteiger partial charge in [0.1, 0.15) is 0 Å². The number of thiol groups is 2. The van der Waals surface area contributed by atoms with Gasteiger partial charge < -0.3 is 0 Å². The zero-order valence-corrected chi connectivity index (χ0v) is 13.7. The summed E-state index contributed by atoms with van der Waals surface area (Å²) in [4.78, 5) is 0. The maximum atomic E-state index is 4.39. The molecule has 0 saturated carbocycles. The Hall–Kier alpha value is 2.10. The second kappa shape index (κ2) is 10.1. The molecule has 90 valence electrons. The Morgan fingerprint density at radius 2 is 1.07 bits per heavy atom. The largest absolute Gasteiger partial charge is 0.174 e. The highest BCUT2D eigenvalue weighted by Crippen LogP contribution is 2.23. The number of thioether (sulfide) groups is 4. The molecule has 0 unspecified atom stereocenters. The Morgan fingerprint density at radius 1 is 0.667 bits per heavy atom. The van der Waals surface area contributed by atoms with Gasteiger partial charge in [-0.1, -0.05) is 0 Å². The van der Waals surface area contributed by atoms with Gasteiger partial charge in [-0.05, 0) is 0 Å². The molecule has 0 radical (unpaired) electrons. The van der Waals surface area contributed by atoms with Gasteiger partial charge in [0.15, 0.2) is 0 Å². The van der Waals surface area contributed by atoms with E-state index in [4.69, 9.17) is 0 Å². The summed E-state index contributed by atoms with van der Waals surface area (Å²) in [6.45, 7) is 0. The molecule has 6 heteroatoms. The molecule has 2 saturated heterocycles. The summed E-state index contributed by atoms with van der Waals surface area (Å²) in [6.07, 6.45) is 0. The van der Waals surface area contributed by atoms with Crippen LogP contribution in [0.5, 0.6) is 0 Å². The third kappa shape index (κ3) is 8.77. The average Bonchev–Trinajstić information content (AvgIpc) is 2.48. The molecule has 15 heavy (non-hydrogen) atoms. The maximum Gasteiger partial charge on any atom is 0.0392 e. The fourth-order valence-corrected chi connectivity index (χ4v) is 6.72. The minimum Gasteiger partial charge on any atom is -0.174 e. The molecule has 2 fully saturated rings. The lowest BCUT2D eigenvalue weighted by atomic mass is 10.5. The predicted molar refractivity (Wildman–Crippen MR) is 90.0 cm³/mol. The number of hydrogen-bond donors (Lipinski definition) is 2. The summed E-state index contributed by atoms with van der Waals surface area (Å²) in [5, 5.41) is 2.58. The summed E-state index contributed by atoms with van der Waals surface area (Å²) in [5.74, 6) is 7.63. The third-order valence-electron chi connectivity index (χ3n) is 1.78. The second-order valence-corrected chi connectivity index (χ2v) is 9.50. The van der Waals surface area contributed by atoms with Crippen molar-refractivity contribution in [3.63, 3.8) is 0 Å². The molecular formula is C9H18S6. The van der Waals surface area contributed by atoms with E-state index in [0.29, 0.717) is 10.5 Å². The van der Waals surface area contributed by atoms with Crippen LogP contribution >= 0.6 is 72.3 Å². The van der Waals surface area contributed by atoms with E-state index in [1.54, 1.807) is 0 Å². The van der Waals surface area contributed by atoms with Gasteiger partial charge in [-0.25, -0.2) is 0 Å². The van der Waals surface area contributed by atoms with Crippen LogP contribution in [0.3, 0.4) is 0 Å². The lowest BCUT2D eigenvalue weighted by Crippen LogP contribution is -2.10. The summed E-state index contributed by atoms with van der Waals surface area (Å²) >= 11 is 16.7. The van der Waals surface area contributed by atoms with Crippen LogP contribution in [0.1, 0.15) is 0 Å². The Bertz CT molecular complexity index is 140. The zero-order chi connectivity index (χ0) is 10.9. The molecule has 0 amide bonds. The molecule has 0 aliphatic carbocycles. The first kappa shape index (κ1) is 15.2. The predicted octanol–water partition coefficient (Wildman–Crippen LogP) is 3.49. The molecule has 0 aromatic carbocycles. The van der Waals surface area contributed by atoms with Gasteiger partial charge in [-0.3, -0.25) is 0 Å². The van der Waals surface area contributed by atoms with Crippen molar-refractivity contribution >= 4 is 72.3 Å². The highest BCUT2D eigenvalue weighted by Gasteiger charge is 2.07. The van der Waals surface area contributed by atoms with Crippen molar-refractivity contribution in [2.24, 2.45) is 0 Å². The fourth-order valence-electron chi connectivity index (χ4n) is 1.08. The summed E-state index contributed by atoms with van der Waals surface area (Å²) in [5.41, 5.74) is 0. The minimum atomic E-state index is 0.646. The zero-order valence-electron chi connectivity index (χ0n) is 8.63. The van der Waals surface area contributed by atoms with Crippen LogP contribution in [-0.2, 0) is 0 Å². The van der Waals surface area contributed by atoms with Gasteiger partial charge in [0.05, 0.1) is 0 Å². The normalized spacial score (nSPS) is 25.2. The lowest BCUT2D eigenvalue weighted by molar-refractivity contribution is 1.15. The van der Waals surface area contributed by atoms with Crippen LogP contribution in [0.25, 0.3) is 0 Å². The van der Waals surface area contributed by atoms with Crippen LogP contribution in [0.4, 0.5) is 0 Å². The van der Waals surface area contributed by atoms with Crippen molar-refractivity contribution in [1.82, 2.24) is 0 Å². The maximum absolute atomic E-state index is 4.39. The van der Waals surface area contributed by atoms with Gasteiger partial charge >= 0.3 is 0 Å². The van der Waals surface area contributed by atoms with E-state index in [2.05, 4.69) is 25.3 Å². The van der Waals surface area contributed by atoms with Gasteiger partial charge in [0, 0.05) is 50.1 Å². The van der Waals surface area contributed by atoms with Crippen molar-refractivity contribution in [2.75, 3.05) is 39.6 Å². The van der Waals surface area contributed by atoms with Crippen molar-refractivity contribution in [1.29, 1.82) is 0 Å². The van der Waals surface area contributed by atoms with Crippen LogP contribution in [0, 0.1) is 0 Å². The first-order chi connectivity index (χ1) is 7.29. The van der Waals surface area contributed by atoms with Crippen LogP contribution in [-0.4, -0.2) is 50.1 Å². The fraction of sp³-hybridized carbons (Fsp3) is 1.00. The topological polar surface area (TPSA) is 0 Å². The molecule has 2 aliphatic heterocycles. The van der Waals surface area contributed by atoms with Gasteiger partial charge in [-0.2, -0.15) is 48.8 Å². The van der Waals surface area contributed by atoms with E-state index in [1.165, 1.54) is 39.6 Å². The number of hydrogen-bond acceptors (Lipinski definition) is 6. The first-order valence-corrected chi connectivity index (χ1v) is 10.6. The molecule has 0 N–H and O–H groups in total. The molecule has 2 aliphatic rings. The van der Waals surface area contributed by atoms with E-state index in [-0.39, 0.29) is 0 Å². The van der Waals surface area contributed by atoms with Crippen molar-refractivity contribution in [2.45, 2.75) is 10.5 Å². The van der Waals surface area contributed by atoms with E-state index >= 15 is 0 Å². The smallest absolute Gasteiger partial charge is 0.0392 e. The molecular weight excluding hydrogens is 301 g/mol. The third-order valence-corrected chi connectivity index (χ3v) is 8.63. The highest BCUT2D eigenvalue weighted by atomic mass is 32.2. The Kier molecular flexibility index (Phi) is 10.2. The lowest BCUT2D eigenvalue weighted by Gasteiger charge is -2.14. The highest BCUT2D eigenvalue weighted by molar-refractivity contribution is 8.17. The minimum absolute atomic E-state index is 0.646. The van der Waals surface area contributed by atoms with Gasteiger partial charge in [-0.15, -0.1) is 23.5 Å². The molecule has 0 atom stereocenters. The second-order valence-electron chi connectivity index (χ2n) is 3.32. The molecule has 0 nitrogen and oxygen atoms in total. The van der Waals surface area contributed by atoms with Gasteiger partial charge in [0.2, 0.25) is 0 Å². The van der Waals surface area contributed by atoms with E-state index in [0.717, 1.165) is 0 Å². The van der Waals surface area contributed by atoms with Crippen molar-refractivity contribution < 1.29 is 0 Å².